The first kappa shape index (κ1) is 29.0. The summed E-state index contributed by atoms with van der Waals surface area (Å²) in [7, 11) is 0. The number of nitriles is 1. The Kier molecular flexibility index (Phi) is 11.7. The van der Waals surface area contributed by atoms with Crippen molar-refractivity contribution in [2.24, 2.45) is 5.92 Å². The van der Waals surface area contributed by atoms with Gasteiger partial charge in [0.05, 0.1) is 11.0 Å². The van der Waals surface area contributed by atoms with Crippen LogP contribution in [0.15, 0.2) is 42.5 Å². The first-order valence-corrected chi connectivity index (χ1v) is 14.9. The second kappa shape index (κ2) is 15.0. The number of esters is 1. The van der Waals surface area contributed by atoms with Gasteiger partial charge in [-0.25, -0.2) is 0 Å². The van der Waals surface area contributed by atoms with Crippen LogP contribution in [0.1, 0.15) is 126 Å². The summed E-state index contributed by atoms with van der Waals surface area (Å²) in [6, 6.07) is 16.7. The van der Waals surface area contributed by atoms with Crippen molar-refractivity contribution >= 4 is 5.97 Å². The molecule has 200 valence electrons. The number of carbonyl (C=O) groups excluding carboxylic acids is 1. The third-order valence-corrected chi connectivity index (χ3v) is 8.32. The van der Waals surface area contributed by atoms with Crippen molar-refractivity contribution in [1.29, 1.82) is 5.26 Å². The second-order valence-corrected chi connectivity index (χ2v) is 11.3. The topological polar surface area (TPSA) is 50.1 Å². The molecule has 37 heavy (non-hydrogen) atoms. The molecule has 0 amide bonds. The quantitative estimate of drug-likeness (QED) is 0.147. The molecule has 0 spiro atoms. The van der Waals surface area contributed by atoms with Gasteiger partial charge in [-0.15, -0.1) is 0 Å². The van der Waals surface area contributed by atoms with E-state index in [0.717, 1.165) is 68.9 Å². The Hall–Kier alpha value is -2.60. The summed E-state index contributed by atoms with van der Waals surface area (Å²) >= 11 is 0. The molecule has 1 aliphatic rings. The zero-order valence-electron chi connectivity index (χ0n) is 23.5. The molecule has 3 heteroatoms. The minimum absolute atomic E-state index is 0.210. The molecule has 0 heterocycles. The Morgan fingerprint density at radius 1 is 0.919 bits per heavy atom. The van der Waals surface area contributed by atoms with Crippen LogP contribution in [0.4, 0.5) is 0 Å². The van der Waals surface area contributed by atoms with E-state index in [1.807, 2.05) is 18.2 Å². The van der Waals surface area contributed by atoms with Crippen LogP contribution in [0.3, 0.4) is 0 Å². The van der Waals surface area contributed by atoms with Gasteiger partial charge in [0.15, 0.2) is 0 Å². The monoisotopic (exact) mass is 501 g/mol. The van der Waals surface area contributed by atoms with E-state index in [2.05, 4.69) is 51.1 Å². The molecule has 3 nitrogen and oxygen atoms in total. The van der Waals surface area contributed by atoms with Gasteiger partial charge >= 0.3 is 5.97 Å². The number of carbonyl (C=O) groups is 1. The molecule has 1 saturated carbocycles. The average Bonchev–Trinajstić information content (AvgIpc) is 2.93. The Morgan fingerprint density at radius 3 is 2.22 bits per heavy atom. The lowest BCUT2D eigenvalue weighted by molar-refractivity contribution is -0.142. The lowest BCUT2D eigenvalue weighted by atomic mass is 9.69. The summed E-state index contributed by atoms with van der Waals surface area (Å²) in [6.45, 7) is 6.75. The molecule has 0 bridgehead atoms. The predicted octanol–water partition coefficient (Wildman–Crippen LogP) is 9.25. The maximum absolute atomic E-state index is 13.7. The Balaban J connectivity index is 1.68. The van der Waals surface area contributed by atoms with Gasteiger partial charge < -0.3 is 4.74 Å². The minimum atomic E-state index is -0.629. The van der Waals surface area contributed by atoms with Gasteiger partial charge in [0.25, 0.3) is 0 Å². The van der Waals surface area contributed by atoms with E-state index < -0.39 is 5.41 Å². The fraction of sp³-hybridized carbons (Fsp3) is 0.588. The van der Waals surface area contributed by atoms with Crippen LogP contribution in [0.5, 0.6) is 5.75 Å². The molecule has 1 unspecified atom stereocenters. The number of hydrogen-bond donors (Lipinski definition) is 0. The van der Waals surface area contributed by atoms with Crippen molar-refractivity contribution in [3.63, 3.8) is 0 Å². The number of ether oxygens (including phenoxy) is 1. The van der Waals surface area contributed by atoms with Crippen molar-refractivity contribution in [2.45, 2.75) is 122 Å². The summed E-state index contributed by atoms with van der Waals surface area (Å²) < 4.78 is 6.02. The number of benzene rings is 2. The zero-order valence-corrected chi connectivity index (χ0v) is 23.5. The van der Waals surface area contributed by atoms with Crippen molar-refractivity contribution in [3.05, 3.63) is 64.7 Å². The molecule has 2 aromatic rings. The van der Waals surface area contributed by atoms with Crippen molar-refractivity contribution in [2.75, 3.05) is 0 Å². The summed E-state index contributed by atoms with van der Waals surface area (Å²) in [5.74, 6) is 0.838. The third kappa shape index (κ3) is 8.19. The van der Waals surface area contributed by atoms with Crippen molar-refractivity contribution in [1.82, 2.24) is 0 Å². The Morgan fingerprint density at radius 2 is 1.57 bits per heavy atom. The van der Waals surface area contributed by atoms with Gasteiger partial charge in [0.2, 0.25) is 0 Å². The molecule has 1 fully saturated rings. The van der Waals surface area contributed by atoms with Crippen LogP contribution >= 0.6 is 0 Å². The maximum atomic E-state index is 13.7. The van der Waals surface area contributed by atoms with Crippen LogP contribution in [-0.2, 0) is 23.1 Å². The van der Waals surface area contributed by atoms with Crippen molar-refractivity contribution < 1.29 is 9.53 Å². The molecule has 1 aliphatic carbocycles. The van der Waals surface area contributed by atoms with Crippen LogP contribution in [-0.4, -0.2) is 5.97 Å². The van der Waals surface area contributed by atoms with E-state index in [4.69, 9.17) is 4.74 Å². The SMILES string of the molecule is CCCCCCCCCc1ccc(OC(=O)C2(c3ccc(CC(C)CC)cc3)CCCCC2)c(C#N)c1. The largest absolute Gasteiger partial charge is 0.424 e. The third-order valence-electron chi connectivity index (χ3n) is 8.32. The Bertz CT molecular complexity index is 1010. The second-order valence-electron chi connectivity index (χ2n) is 11.3. The highest BCUT2D eigenvalue weighted by atomic mass is 16.5. The average molecular weight is 502 g/mol. The smallest absolute Gasteiger partial charge is 0.321 e. The molecule has 0 aromatic heterocycles. The van der Waals surface area contributed by atoms with Crippen LogP contribution in [0.25, 0.3) is 0 Å². The molecule has 0 N–H and O–H groups in total. The lowest BCUT2D eigenvalue weighted by Crippen LogP contribution is -2.41. The van der Waals surface area contributed by atoms with Gasteiger partial charge in [0, 0.05) is 0 Å². The molecule has 0 saturated heterocycles. The van der Waals surface area contributed by atoms with Crippen molar-refractivity contribution in [3.8, 4) is 11.8 Å². The molecule has 0 radical (unpaired) electrons. The standard InChI is InChI=1S/C34H47NO2/c1-4-6-7-8-9-10-12-15-28-18-21-32(30(25-28)26-35)37-33(36)34(22-13-11-14-23-34)31-19-16-29(17-20-31)24-27(3)5-2/h16-21,25,27H,4-15,22-24H2,1-3H3. The highest BCUT2D eigenvalue weighted by Crippen LogP contribution is 2.41. The van der Waals surface area contributed by atoms with E-state index in [1.165, 1.54) is 44.1 Å². The van der Waals surface area contributed by atoms with E-state index in [9.17, 15) is 10.1 Å². The Labute approximate surface area is 225 Å². The molecule has 3 rings (SSSR count). The highest BCUT2D eigenvalue weighted by Gasteiger charge is 2.43. The molecule has 0 aliphatic heterocycles. The van der Waals surface area contributed by atoms with E-state index in [0.29, 0.717) is 17.2 Å². The van der Waals surface area contributed by atoms with Gasteiger partial charge in [-0.2, -0.15) is 5.26 Å². The van der Waals surface area contributed by atoms with Gasteiger partial charge in [-0.3, -0.25) is 4.79 Å². The lowest BCUT2D eigenvalue weighted by Gasteiger charge is -2.35. The molecular weight excluding hydrogens is 454 g/mol. The zero-order chi connectivity index (χ0) is 26.5. The summed E-state index contributed by atoms with van der Waals surface area (Å²) in [5, 5.41) is 9.82. The fourth-order valence-electron chi connectivity index (χ4n) is 5.67. The first-order chi connectivity index (χ1) is 18.0. The van der Waals surface area contributed by atoms with E-state index >= 15 is 0 Å². The minimum Gasteiger partial charge on any atom is -0.424 e. The van der Waals surface area contributed by atoms with Crippen LogP contribution < -0.4 is 4.74 Å². The number of rotatable bonds is 14. The molecule has 1 atom stereocenters. The van der Waals surface area contributed by atoms with E-state index in [-0.39, 0.29) is 5.97 Å². The highest BCUT2D eigenvalue weighted by molar-refractivity contribution is 5.85. The fourth-order valence-corrected chi connectivity index (χ4v) is 5.67. The van der Waals surface area contributed by atoms with Crippen LogP contribution in [0.2, 0.25) is 0 Å². The van der Waals surface area contributed by atoms with Crippen LogP contribution in [0, 0.1) is 17.2 Å². The molecule has 2 aromatic carbocycles. The molecular formula is C34H47NO2. The predicted molar refractivity (Wildman–Crippen MR) is 153 cm³/mol. The van der Waals surface area contributed by atoms with Gasteiger partial charge in [-0.1, -0.05) is 115 Å². The maximum Gasteiger partial charge on any atom is 0.321 e. The number of hydrogen-bond acceptors (Lipinski definition) is 3. The summed E-state index contributed by atoms with van der Waals surface area (Å²) in [6.07, 6.45) is 16.9. The van der Waals surface area contributed by atoms with Gasteiger partial charge in [0.1, 0.15) is 11.8 Å². The number of nitrogens with zero attached hydrogens (tertiary/aromatic N) is 1. The van der Waals surface area contributed by atoms with Gasteiger partial charge in [-0.05, 0) is 66.8 Å². The number of aryl methyl sites for hydroxylation is 1. The van der Waals surface area contributed by atoms with E-state index in [1.54, 1.807) is 0 Å². The summed E-state index contributed by atoms with van der Waals surface area (Å²) in [5.41, 5.74) is 3.36. The first-order valence-electron chi connectivity index (χ1n) is 14.9. The normalized spacial score (nSPS) is 15.6. The summed E-state index contributed by atoms with van der Waals surface area (Å²) in [4.78, 5) is 13.7. The number of unbranched alkanes of at least 4 members (excludes halogenated alkanes) is 6.